The Bertz CT molecular complexity index is 1030. The van der Waals surface area contributed by atoms with Crippen LogP contribution in [0.1, 0.15) is 24.8 Å². The molecule has 0 fully saturated rings. The van der Waals surface area contributed by atoms with Gasteiger partial charge >= 0.3 is 0 Å². The first-order chi connectivity index (χ1) is 12.3. The van der Waals surface area contributed by atoms with Crippen LogP contribution in [0.3, 0.4) is 0 Å². The summed E-state index contributed by atoms with van der Waals surface area (Å²) in [7, 11) is 0. The number of rotatable bonds is 4. The quantitative estimate of drug-likeness (QED) is 0.514. The number of hydrogen-bond acceptors (Lipinski definition) is 1. The van der Waals surface area contributed by atoms with Crippen molar-refractivity contribution in [3.8, 4) is 0 Å². The Morgan fingerprint density at radius 2 is 1.64 bits per heavy atom. The van der Waals surface area contributed by atoms with Crippen LogP contribution in [0.25, 0.3) is 21.8 Å². The molecule has 3 heteroatoms. The van der Waals surface area contributed by atoms with Crippen molar-refractivity contribution < 1.29 is 4.79 Å². The zero-order valence-corrected chi connectivity index (χ0v) is 14.1. The summed E-state index contributed by atoms with van der Waals surface area (Å²) in [5.74, 6) is -0.104. The fourth-order valence-corrected chi connectivity index (χ4v) is 3.41. The van der Waals surface area contributed by atoms with Crippen LogP contribution < -0.4 is 5.32 Å². The van der Waals surface area contributed by atoms with E-state index in [4.69, 9.17) is 0 Å². The zero-order valence-electron chi connectivity index (χ0n) is 14.1. The van der Waals surface area contributed by atoms with Crippen LogP contribution in [0, 0.1) is 0 Å². The Labute approximate surface area is 146 Å². The molecule has 3 aromatic carbocycles. The monoisotopic (exact) mass is 328 g/mol. The summed E-state index contributed by atoms with van der Waals surface area (Å²) in [5.41, 5.74) is 4.07. The van der Waals surface area contributed by atoms with Crippen molar-refractivity contribution in [2.75, 3.05) is 5.32 Å². The molecule has 4 aromatic rings. The van der Waals surface area contributed by atoms with Gasteiger partial charge in [-0.3, -0.25) is 4.79 Å². The van der Waals surface area contributed by atoms with Crippen LogP contribution in [0.5, 0.6) is 0 Å². The number of aromatic nitrogens is 1. The topological polar surface area (TPSA) is 44.9 Å². The van der Waals surface area contributed by atoms with E-state index in [0.29, 0.717) is 0 Å². The number of carbonyl (C=O) groups is 1. The third-order valence-corrected chi connectivity index (χ3v) is 4.70. The number of amides is 1. The zero-order chi connectivity index (χ0) is 17.2. The SMILES string of the molecule is CCC(C(=O)Nc1ccc2[nH]c3ccccc3c2c1)c1ccccc1. The summed E-state index contributed by atoms with van der Waals surface area (Å²) in [6, 6.07) is 24.2. The van der Waals surface area contributed by atoms with E-state index in [9.17, 15) is 4.79 Å². The van der Waals surface area contributed by atoms with Crippen molar-refractivity contribution in [3.63, 3.8) is 0 Å². The number of H-pyrrole nitrogens is 1. The van der Waals surface area contributed by atoms with Crippen molar-refractivity contribution in [3.05, 3.63) is 78.4 Å². The summed E-state index contributed by atoms with van der Waals surface area (Å²) in [6.45, 7) is 2.04. The van der Waals surface area contributed by atoms with Gasteiger partial charge in [0.15, 0.2) is 0 Å². The van der Waals surface area contributed by atoms with E-state index in [1.54, 1.807) is 0 Å². The molecule has 0 spiro atoms. The average Bonchev–Trinajstić information content (AvgIpc) is 3.01. The van der Waals surface area contributed by atoms with Gasteiger partial charge in [0.25, 0.3) is 0 Å². The molecule has 0 radical (unpaired) electrons. The molecule has 1 aromatic heterocycles. The van der Waals surface area contributed by atoms with Crippen LogP contribution in [0.4, 0.5) is 5.69 Å². The molecule has 0 aliphatic rings. The van der Waals surface area contributed by atoms with E-state index >= 15 is 0 Å². The second kappa shape index (κ2) is 6.44. The molecular formula is C22H20N2O. The fraction of sp³-hybridized carbons (Fsp3) is 0.136. The van der Waals surface area contributed by atoms with E-state index in [1.165, 1.54) is 5.39 Å². The minimum atomic E-state index is -0.139. The first kappa shape index (κ1) is 15.5. The van der Waals surface area contributed by atoms with Crippen molar-refractivity contribution in [1.82, 2.24) is 4.98 Å². The number of anilines is 1. The Morgan fingerprint density at radius 3 is 2.44 bits per heavy atom. The number of para-hydroxylation sites is 1. The molecule has 0 saturated heterocycles. The Kier molecular flexibility index (Phi) is 3.98. The highest BCUT2D eigenvalue weighted by Crippen LogP contribution is 2.28. The summed E-state index contributed by atoms with van der Waals surface area (Å²) in [5, 5.41) is 5.38. The highest BCUT2D eigenvalue weighted by atomic mass is 16.1. The summed E-state index contributed by atoms with van der Waals surface area (Å²) in [4.78, 5) is 16.2. The molecular weight excluding hydrogens is 308 g/mol. The van der Waals surface area contributed by atoms with Gasteiger partial charge in [-0.25, -0.2) is 0 Å². The van der Waals surface area contributed by atoms with Gasteiger partial charge in [-0.15, -0.1) is 0 Å². The highest BCUT2D eigenvalue weighted by Gasteiger charge is 2.18. The Morgan fingerprint density at radius 1 is 0.920 bits per heavy atom. The molecule has 1 unspecified atom stereocenters. The maximum absolute atomic E-state index is 12.8. The number of hydrogen-bond donors (Lipinski definition) is 2. The molecule has 0 aliphatic carbocycles. The molecule has 4 rings (SSSR count). The smallest absolute Gasteiger partial charge is 0.231 e. The van der Waals surface area contributed by atoms with Gasteiger partial charge in [-0.2, -0.15) is 0 Å². The second-order valence-electron chi connectivity index (χ2n) is 6.29. The minimum absolute atomic E-state index is 0.0351. The van der Waals surface area contributed by atoms with Gasteiger partial charge < -0.3 is 10.3 Å². The molecule has 124 valence electrons. The lowest BCUT2D eigenvalue weighted by molar-refractivity contribution is -0.117. The van der Waals surface area contributed by atoms with Crippen molar-refractivity contribution >= 4 is 33.4 Å². The minimum Gasteiger partial charge on any atom is -0.355 e. The molecule has 2 N–H and O–H groups in total. The second-order valence-corrected chi connectivity index (χ2v) is 6.29. The van der Waals surface area contributed by atoms with Gasteiger partial charge in [0.05, 0.1) is 5.92 Å². The van der Waals surface area contributed by atoms with Crippen molar-refractivity contribution in [2.24, 2.45) is 0 Å². The predicted molar refractivity (Wildman–Crippen MR) is 104 cm³/mol. The van der Waals surface area contributed by atoms with Gasteiger partial charge in [0.1, 0.15) is 0 Å². The number of aromatic amines is 1. The first-order valence-electron chi connectivity index (χ1n) is 8.62. The third-order valence-electron chi connectivity index (χ3n) is 4.70. The maximum atomic E-state index is 12.8. The lowest BCUT2D eigenvalue weighted by atomic mass is 9.95. The molecule has 25 heavy (non-hydrogen) atoms. The van der Waals surface area contributed by atoms with Crippen molar-refractivity contribution in [2.45, 2.75) is 19.3 Å². The van der Waals surface area contributed by atoms with Gasteiger partial charge in [-0.05, 0) is 36.2 Å². The predicted octanol–water partition coefficient (Wildman–Crippen LogP) is 5.45. The molecule has 0 aliphatic heterocycles. The van der Waals surface area contributed by atoms with Crippen LogP contribution in [0.2, 0.25) is 0 Å². The maximum Gasteiger partial charge on any atom is 0.231 e. The Balaban J connectivity index is 1.65. The molecule has 1 amide bonds. The third kappa shape index (κ3) is 2.89. The van der Waals surface area contributed by atoms with E-state index < -0.39 is 0 Å². The van der Waals surface area contributed by atoms with Crippen LogP contribution in [0.15, 0.2) is 72.8 Å². The average molecular weight is 328 g/mol. The standard InChI is InChI=1S/C22H20N2O/c1-2-17(15-8-4-3-5-9-15)22(25)23-16-12-13-21-19(14-16)18-10-6-7-11-20(18)24-21/h3-14,17,24H,2H2,1H3,(H,23,25). The van der Waals surface area contributed by atoms with Gasteiger partial charge in [0.2, 0.25) is 5.91 Å². The Hall–Kier alpha value is -3.07. The number of benzene rings is 3. The summed E-state index contributed by atoms with van der Waals surface area (Å²) >= 11 is 0. The highest BCUT2D eigenvalue weighted by molar-refractivity contribution is 6.09. The van der Waals surface area contributed by atoms with E-state index in [1.807, 2.05) is 67.6 Å². The largest absolute Gasteiger partial charge is 0.355 e. The van der Waals surface area contributed by atoms with Gasteiger partial charge in [-0.1, -0.05) is 55.5 Å². The van der Waals surface area contributed by atoms with Gasteiger partial charge in [0, 0.05) is 27.5 Å². The number of carbonyl (C=O) groups excluding carboxylic acids is 1. The molecule has 0 saturated carbocycles. The lowest BCUT2D eigenvalue weighted by Gasteiger charge is -2.15. The number of nitrogens with one attached hydrogen (secondary N) is 2. The molecule has 1 atom stereocenters. The normalized spacial score (nSPS) is 12.4. The van der Waals surface area contributed by atoms with E-state index in [0.717, 1.165) is 34.1 Å². The van der Waals surface area contributed by atoms with Crippen LogP contribution in [-0.2, 0) is 4.79 Å². The lowest BCUT2D eigenvalue weighted by Crippen LogP contribution is -2.20. The van der Waals surface area contributed by atoms with E-state index in [2.05, 4.69) is 22.4 Å². The molecule has 3 nitrogen and oxygen atoms in total. The molecule has 0 bridgehead atoms. The molecule has 1 heterocycles. The van der Waals surface area contributed by atoms with Crippen LogP contribution >= 0.6 is 0 Å². The van der Waals surface area contributed by atoms with Crippen molar-refractivity contribution in [1.29, 1.82) is 0 Å². The summed E-state index contributed by atoms with van der Waals surface area (Å²) < 4.78 is 0. The van der Waals surface area contributed by atoms with Crippen LogP contribution in [-0.4, -0.2) is 10.9 Å². The first-order valence-corrected chi connectivity index (χ1v) is 8.62. The summed E-state index contributed by atoms with van der Waals surface area (Å²) in [6.07, 6.45) is 0.769. The van der Waals surface area contributed by atoms with E-state index in [-0.39, 0.29) is 11.8 Å². The number of fused-ring (bicyclic) bond motifs is 3. The fourth-order valence-electron chi connectivity index (χ4n) is 3.41.